The van der Waals surface area contributed by atoms with Gasteiger partial charge in [-0.1, -0.05) is 0 Å². The SMILES string of the molecule is CC(=Nc1cc(C)cc(C(F)(F)F)c1)N(C)C. The van der Waals surface area contributed by atoms with Gasteiger partial charge in [-0.3, -0.25) is 0 Å². The van der Waals surface area contributed by atoms with E-state index in [1.54, 1.807) is 38.9 Å². The van der Waals surface area contributed by atoms with Crippen molar-refractivity contribution in [2.75, 3.05) is 14.1 Å². The molecule has 0 saturated heterocycles. The Kier molecular flexibility index (Phi) is 3.80. The Morgan fingerprint density at radius 2 is 1.76 bits per heavy atom. The second kappa shape index (κ2) is 4.77. The van der Waals surface area contributed by atoms with Crippen LogP contribution in [0.1, 0.15) is 18.1 Å². The van der Waals surface area contributed by atoms with Crippen molar-refractivity contribution in [1.29, 1.82) is 0 Å². The van der Waals surface area contributed by atoms with E-state index in [0.29, 0.717) is 17.1 Å². The van der Waals surface area contributed by atoms with Gasteiger partial charge >= 0.3 is 6.18 Å². The van der Waals surface area contributed by atoms with Crippen LogP contribution in [0.4, 0.5) is 18.9 Å². The number of nitrogens with zero attached hydrogens (tertiary/aromatic N) is 2. The lowest BCUT2D eigenvalue weighted by atomic mass is 10.1. The van der Waals surface area contributed by atoms with Crippen molar-refractivity contribution in [2.45, 2.75) is 20.0 Å². The number of hydrogen-bond donors (Lipinski definition) is 0. The molecule has 0 spiro atoms. The van der Waals surface area contributed by atoms with Crippen molar-refractivity contribution < 1.29 is 13.2 Å². The Hall–Kier alpha value is -1.52. The van der Waals surface area contributed by atoms with Crippen LogP contribution in [0.3, 0.4) is 0 Å². The van der Waals surface area contributed by atoms with Crippen LogP contribution in [-0.4, -0.2) is 24.8 Å². The van der Waals surface area contributed by atoms with Gasteiger partial charge in [0.1, 0.15) is 5.84 Å². The lowest BCUT2D eigenvalue weighted by Crippen LogP contribution is -2.17. The van der Waals surface area contributed by atoms with E-state index >= 15 is 0 Å². The fraction of sp³-hybridized carbons (Fsp3) is 0.417. The standard InChI is InChI=1S/C12H15F3N2/c1-8-5-10(12(13,14)15)7-11(6-8)16-9(2)17(3)4/h5-7H,1-4H3. The van der Waals surface area contributed by atoms with Gasteiger partial charge in [0.25, 0.3) is 0 Å². The average Bonchev–Trinajstić information content (AvgIpc) is 2.15. The number of hydrogen-bond acceptors (Lipinski definition) is 1. The van der Waals surface area contributed by atoms with Gasteiger partial charge in [0, 0.05) is 14.1 Å². The Balaban J connectivity index is 3.19. The molecule has 0 N–H and O–H groups in total. The molecule has 2 nitrogen and oxygen atoms in total. The quantitative estimate of drug-likeness (QED) is 0.544. The highest BCUT2D eigenvalue weighted by Gasteiger charge is 2.30. The molecule has 0 aliphatic heterocycles. The molecule has 0 bridgehead atoms. The van der Waals surface area contributed by atoms with Crippen molar-refractivity contribution in [3.8, 4) is 0 Å². The molecule has 1 aromatic rings. The van der Waals surface area contributed by atoms with Crippen molar-refractivity contribution in [3.63, 3.8) is 0 Å². The van der Waals surface area contributed by atoms with Gasteiger partial charge in [0.05, 0.1) is 11.3 Å². The predicted octanol–water partition coefficient (Wildman–Crippen LogP) is 3.63. The number of aryl methyl sites for hydroxylation is 1. The first kappa shape index (κ1) is 13.5. The zero-order valence-corrected chi connectivity index (χ0v) is 10.3. The van der Waals surface area contributed by atoms with Gasteiger partial charge in [0.2, 0.25) is 0 Å². The van der Waals surface area contributed by atoms with Gasteiger partial charge in [-0.25, -0.2) is 4.99 Å². The fourth-order valence-electron chi connectivity index (χ4n) is 1.28. The largest absolute Gasteiger partial charge is 0.416 e. The van der Waals surface area contributed by atoms with Crippen LogP contribution < -0.4 is 0 Å². The van der Waals surface area contributed by atoms with Gasteiger partial charge in [-0.05, 0) is 37.6 Å². The zero-order valence-electron chi connectivity index (χ0n) is 10.3. The molecule has 0 atom stereocenters. The third-order valence-electron chi connectivity index (χ3n) is 2.33. The third-order valence-corrected chi connectivity index (χ3v) is 2.33. The maximum Gasteiger partial charge on any atom is 0.416 e. The van der Waals surface area contributed by atoms with Gasteiger partial charge < -0.3 is 4.90 Å². The minimum Gasteiger partial charge on any atom is -0.366 e. The van der Waals surface area contributed by atoms with E-state index < -0.39 is 11.7 Å². The Morgan fingerprint density at radius 1 is 1.18 bits per heavy atom. The number of rotatable bonds is 1. The summed E-state index contributed by atoms with van der Waals surface area (Å²) in [6, 6.07) is 3.80. The first-order valence-electron chi connectivity index (χ1n) is 5.11. The molecule has 94 valence electrons. The van der Waals surface area contributed by atoms with Crippen molar-refractivity contribution >= 4 is 11.5 Å². The molecule has 0 aliphatic rings. The molecule has 17 heavy (non-hydrogen) atoms. The van der Waals surface area contributed by atoms with Gasteiger partial charge in [-0.2, -0.15) is 13.2 Å². The second-order valence-electron chi connectivity index (χ2n) is 4.11. The molecular formula is C12H15F3N2. The maximum absolute atomic E-state index is 12.6. The predicted molar refractivity (Wildman–Crippen MR) is 62.6 cm³/mol. The lowest BCUT2D eigenvalue weighted by molar-refractivity contribution is -0.137. The summed E-state index contributed by atoms with van der Waals surface area (Å²) in [5.41, 5.74) is 0.205. The highest BCUT2D eigenvalue weighted by Crippen LogP contribution is 2.32. The molecule has 0 aromatic heterocycles. The van der Waals surface area contributed by atoms with E-state index in [0.717, 1.165) is 12.1 Å². The average molecular weight is 244 g/mol. The molecule has 0 aliphatic carbocycles. The molecule has 0 unspecified atom stereocenters. The molecule has 0 fully saturated rings. The molecule has 0 radical (unpaired) electrons. The fourth-order valence-corrected chi connectivity index (χ4v) is 1.28. The highest BCUT2D eigenvalue weighted by atomic mass is 19.4. The van der Waals surface area contributed by atoms with Crippen LogP contribution in [0.15, 0.2) is 23.2 Å². The summed E-state index contributed by atoms with van der Waals surface area (Å²) in [6.07, 6.45) is -4.33. The van der Waals surface area contributed by atoms with Crippen LogP contribution in [0, 0.1) is 6.92 Å². The molecule has 1 rings (SSSR count). The summed E-state index contributed by atoms with van der Waals surface area (Å²) in [5, 5.41) is 0. The van der Waals surface area contributed by atoms with E-state index in [-0.39, 0.29) is 0 Å². The Labute approximate surface area is 98.8 Å². The highest BCUT2D eigenvalue weighted by molar-refractivity contribution is 5.82. The minimum absolute atomic E-state index is 0.323. The summed E-state index contributed by atoms with van der Waals surface area (Å²) in [4.78, 5) is 5.88. The molecule has 0 saturated carbocycles. The minimum atomic E-state index is -4.33. The van der Waals surface area contributed by atoms with E-state index in [9.17, 15) is 13.2 Å². The van der Waals surface area contributed by atoms with Crippen LogP contribution in [0.2, 0.25) is 0 Å². The molecular weight excluding hydrogens is 229 g/mol. The monoisotopic (exact) mass is 244 g/mol. The molecule has 0 amide bonds. The zero-order chi connectivity index (χ0) is 13.2. The van der Waals surface area contributed by atoms with Crippen molar-refractivity contribution in [3.05, 3.63) is 29.3 Å². The van der Waals surface area contributed by atoms with E-state index in [2.05, 4.69) is 4.99 Å². The normalized spacial score (nSPS) is 12.8. The summed E-state index contributed by atoms with van der Waals surface area (Å²) in [6.45, 7) is 3.37. The summed E-state index contributed by atoms with van der Waals surface area (Å²) < 4.78 is 37.8. The first-order valence-corrected chi connectivity index (χ1v) is 5.11. The summed E-state index contributed by atoms with van der Waals surface area (Å²) >= 11 is 0. The van der Waals surface area contributed by atoms with E-state index in [1.165, 1.54) is 0 Å². The van der Waals surface area contributed by atoms with E-state index in [4.69, 9.17) is 0 Å². The lowest BCUT2D eigenvalue weighted by Gasteiger charge is -2.12. The van der Waals surface area contributed by atoms with Gasteiger partial charge in [-0.15, -0.1) is 0 Å². The van der Waals surface area contributed by atoms with Gasteiger partial charge in [0.15, 0.2) is 0 Å². The van der Waals surface area contributed by atoms with Crippen molar-refractivity contribution in [1.82, 2.24) is 4.90 Å². The number of halogens is 3. The topological polar surface area (TPSA) is 15.6 Å². The van der Waals surface area contributed by atoms with Crippen LogP contribution in [0.25, 0.3) is 0 Å². The molecule has 1 aromatic carbocycles. The van der Waals surface area contributed by atoms with Crippen LogP contribution in [0.5, 0.6) is 0 Å². The number of benzene rings is 1. The summed E-state index contributed by atoms with van der Waals surface area (Å²) in [5.74, 6) is 0.656. The number of alkyl halides is 3. The maximum atomic E-state index is 12.6. The number of aliphatic imine (C=N–C) groups is 1. The Bertz CT molecular complexity index is 434. The number of amidine groups is 1. The van der Waals surface area contributed by atoms with Crippen molar-refractivity contribution in [2.24, 2.45) is 4.99 Å². The molecule has 0 heterocycles. The molecule has 5 heteroatoms. The Morgan fingerprint density at radius 3 is 2.24 bits per heavy atom. The van der Waals surface area contributed by atoms with Crippen LogP contribution >= 0.6 is 0 Å². The smallest absolute Gasteiger partial charge is 0.366 e. The second-order valence-corrected chi connectivity index (χ2v) is 4.11. The van der Waals surface area contributed by atoms with E-state index in [1.807, 2.05) is 0 Å². The first-order chi connectivity index (χ1) is 7.70. The third kappa shape index (κ3) is 3.76. The van der Waals surface area contributed by atoms with Crippen LogP contribution in [-0.2, 0) is 6.18 Å². The summed E-state index contributed by atoms with van der Waals surface area (Å²) in [7, 11) is 3.58.